The van der Waals surface area contributed by atoms with E-state index in [9.17, 15) is 9.59 Å². The van der Waals surface area contributed by atoms with Gasteiger partial charge in [0.25, 0.3) is 5.82 Å². The molecule has 0 aliphatic heterocycles. The van der Waals surface area contributed by atoms with Gasteiger partial charge in [-0.05, 0) is 36.3 Å². The number of amides is 1. The van der Waals surface area contributed by atoms with E-state index in [1.54, 1.807) is 0 Å². The fourth-order valence-electron chi connectivity index (χ4n) is 5.40. The number of imidazole rings is 1. The summed E-state index contributed by atoms with van der Waals surface area (Å²) in [5.41, 5.74) is 7.19. The van der Waals surface area contributed by atoms with Gasteiger partial charge in [-0.25, -0.2) is 13.9 Å². The zero-order valence-corrected chi connectivity index (χ0v) is 20.6. The van der Waals surface area contributed by atoms with Crippen molar-refractivity contribution >= 4 is 11.9 Å². The van der Waals surface area contributed by atoms with Crippen LogP contribution in [0, 0.1) is 12.8 Å². The third kappa shape index (κ3) is 4.47. The van der Waals surface area contributed by atoms with Gasteiger partial charge in [0, 0.05) is 6.92 Å². The van der Waals surface area contributed by atoms with E-state index in [0.717, 1.165) is 36.2 Å². The first-order chi connectivity index (χ1) is 15.5. The van der Waals surface area contributed by atoms with E-state index in [-0.39, 0.29) is 47.4 Å². The molecule has 7 heteroatoms. The third-order valence-corrected chi connectivity index (χ3v) is 6.98. The molecule has 6 nitrogen and oxygen atoms in total. The second-order valence-corrected chi connectivity index (χ2v) is 8.52. The van der Waals surface area contributed by atoms with Crippen molar-refractivity contribution in [1.29, 1.82) is 0 Å². The van der Waals surface area contributed by atoms with Gasteiger partial charge in [0.2, 0.25) is 5.91 Å². The number of methoxy groups -OCH3 is 1. The van der Waals surface area contributed by atoms with Gasteiger partial charge in [-0.2, -0.15) is 0 Å². The summed E-state index contributed by atoms with van der Waals surface area (Å²) < 4.78 is 8.92. The number of carbonyl (C=O) groups is 2. The summed E-state index contributed by atoms with van der Waals surface area (Å²) in [5, 5.41) is 0. The molecule has 1 fully saturated rings. The van der Waals surface area contributed by atoms with Crippen LogP contribution in [-0.2, 0) is 26.3 Å². The largest absolute Gasteiger partial charge is 1.00 e. The zero-order valence-electron chi connectivity index (χ0n) is 19.0. The Bertz CT molecular complexity index is 1060. The van der Waals surface area contributed by atoms with E-state index in [1.807, 2.05) is 84.5 Å². The van der Waals surface area contributed by atoms with Crippen LogP contribution >= 0.6 is 0 Å². The minimum atomic E-state index is -0.889. The summed E-state index contributed by atoms with van der Waals surface area (Å²) >= 11 is 0. The highest BCUT2D eigenvalue weighted by Crippen LogP contribution is 2.49. The lowest BCUT2D eigenvalue weighted by molar-refractivity contribution is -0.691. The molecule has 33 heavy (non-hydrogen) atoms. The molecule has 0 radical (unpaired) electrons. The number of hydrogen-bond donors (Lipinski definition) is 1. The lowest BCUT2D eigenvalue weighted by Gasteiger charge is -2.37. The molecule has 2 unspecified atom stereocenters. The van der Waals surface area contributed by atoms with Crippen molar-refractivity contribution in [3.8, 4) is 0 Å². The Balaban J connectivity index is 0.00000306. The summed E-state index contributed by atoms with van der Waals surface area (Å²) in [5.74, 6) is 0.461. The molecule has 1 amide bonds. The summed E-state index contributed by atoms with van der Waals surface area (Å²) in [6.45, 7) is 2.19. The number of primary amides is 1. The van der Waals surface area contributed by atoms with Gasteiger partial charge in [-0.3, -0.25) is 4.79 Å². The molecule has 1 aliphatic rings. The fourth-order valence-corrected chi connectivity index (χ4v) is 5.40. The SMILES string of the molecule is COC(=O)C[n+]1ccn(C2CCC(C(C(N)=O)(c3ccccc3)c3ccccc3)C2)c1C.[Br-]. The predicted octanol–water partition coefficient (Wildman–Crippen LogP) is 0.0738. The molecule has 2 N–H and O–H groups in total. The highest BCUT2D eigenvalue weighted by molar-refractivity contribution is 5.91. The van der Waals surface area contributed by atoms with E-state index in [0.29, 0.717) is 0 Å². The highest BCUT2D eigenvalue weighted by atomic mass is 79.9. The Hall–Kier alpha value is -2.93. The molecule has 0 bridgehead atoms. The minimum Gasteiger partial charge on any atom is -1.00 e. The van der Waals surface area contributed by atoms with Gasteiger partial charge in [0.1, 0.15) is 23.9 Å². The van der Waals surface area contributed by atoms with Crippen LogP contribution in [0.4, 0.5) is 0 Å². The first-order valence-electron chi connectivity index (χ1n) is 11.0. The second-order valence-electron chi connectivity index (χ2n) is 8.52. The van der Waals surface area contributed by atoms with Gasteiger partial charge in [0.15, 0.2) is 6.54 Å². The van der Waals surface area contributed by atoms with Crippen molar-refractivity contribution in [2.45, 2.75) is 44.2 Å². The average molecular weight is 512 g/mol. The highest BCUT2D eigenvalue weighted by Gasteiger charge is 2.51. The molecule has 1 aliphatic carbocycles. The maximum absolute atomic E-state index is 13.2. The Morgan fingerprint density at radius 2 is 1.64 bits per heavy atom. The van der Waals surface area contributed by atoms with Crippen molar-refractivity contribution in [2.75, 3.05) is 7.11 Å². The van der Waals surface area contributed by atoms with Crippen molar-refractivity contribution in [1.82, 2.24) is 4.57 Å². The molecule has 1 heterocycles. The second kappa shape index (κ2) is 10.3. The van der Waals surface area contributed by atoms with E-state index in [1.165, 1.54) is 7.11 Å². The number of ether oxygens (including phenoxy) is 1. The summed E-state index contributed by atoms with van der Waals surface area (Å²) in [7, 11) is 1.40. The Labute approximate surface area is 205 Å². The summed E-state index contributed by atoms with van der Waals surface area (Å²) in [6, 6.07) is 20.1. The van der Waals surface area contributed by atoms with Crippen LogP contribution in [0.5, 0.6) is 0 Å². The summed E-state index contributed by atoms with van der Waals surface area (Å²) in [6.07, 6.45) is 6.57. The standard InChI is InChI=1S/C26H29N3O3.BrH/c1-19-28(18-24(30)32-2)15-16-29(19)23-14-13-22(17-23)26(25(27)31,20-9-5-3-6-10-20)21-11-7-4-8-12-21;/h3-12,15-16,22-23H,13-14,17-18H2,1-2H3,(H-,27,31);1H. The maximum atomic E-state index is 13.2. The monoisotopic (exact) mass is 511 g/mol. The van der Waals surface area contributed by atoms with Crippen molar-refractivity contribution in [2.24, 2.45) is 11.7 Å². The van der Waals surface area contributed by atoms with Crippen LogP contribution < -0.4 is 27.3 Å². The zero-order chi connectivity index (χ0) is 22.7. The van der Waals surface area contributed by atoms with Gasteiger partial charge in [-0.1, -0.05) is 60.7 Å². The quantitative estimate of drug-likeness (QED) is 0.360. The predicted molar refractivity (Wildman–Crippen MR) is 121 cm³/mol. The van der Waals surface area contributed by atoms with Crippen LogP contribution in [-0.4, -0.2) is 23.6 Å². The number of carbonyl (C=O) groups excluding carboxylic acids is 2. The Morgan fingerprint density at radius 3 is 2.15 bits per heavy atom. The normalized spacial score (nSPS) is 17.9. The van der Waals surface area contributed by atoms with Gasteiger partial charge in [0.05, 0.1) is 7.11 Å². The van der Waals surface area contributed by atoms with E-state index < -0.39 is 5.41 Å². The van der Waals surface area contributed by atoms with Crippen LogP contribution in [0.3, 0.4) is 0 Å². The number of esters is 1. The number of nitrogens with two attached hydrogens (primary N) is 1. The Kier molecular flexibility index (Phi) is 7.74. The third-order valence-electron chi connectivity index (χ3n) is 6.98. The lowest BCUT2D eigenvalue weighted by Crippen LogP contribution is -3.00. The molecule has 1 saturated carbocycles. The number of hydrogen-bond acceptors (Lipinski definition) is 3. The maximum Gasteiger partial charge on any atom is 0.348 e. The number of nitrogens with zero attached hydrogens (tertiary/aromatic N) is 2. The molecule has 4 rings (SSSR count). The van der Waals surface area contributed by atoms with E-state index in [2.05, 4.69) is 4.57 Å². The molecule has 0 saturated heterocycles. The van der Waals surface area contributed by atoms with E-state index >= 15 is 0 Å². The molecule has 1 aromatic heterocycles. The molecule has 2 aromatic carbocycles. The van der Waals surface area contributed by atoms with Crippen molar-refractivity contribution in [3.05, 3.63) is 90.0 Å². The Morgan fingerprint density at radius 1 is 1.06 bits per heavy atom. The average Bonchev–Trinajstić information content (AvgIpc) is 3.43. The molecular formula is C26H30BrN3O3. The fraction of sp³-hybridized carbons (Fsp3) is 0.346. The number of halogens is 1. The van der Waals surface area contributed by atoms with Crippen molar-refractivity contribution < 1.29 is 35.9 Å². The van der Waals surface area contributed by atoms with Gasteiger partial charge in [-0.15, -0.1) is 0 Å². The lowest BCUT2D eigenvalue weighted by atomic mass is 9.64. The molecule has 174 valence electrons. The van der Waals surface area contributed by atoms with Crippen LogP contribution in [0.2, 0.25) is 0 Å². The van der Waals surface area contributed by atoms with Crippen LogP contribution in [0.1, 0.15) is 42.3 Å². The molecule has 3 aromatic rings. The van der Waals surface area contributed by atoms with Crippen LogP contribution in [0.15, 0.2) is 73.1 Å². The van der Waals surface area contributed by atoms with Gasteiger partial charge < -0.3 is 27.5 Å². The van der Waals surface area contributed by atoms with E-state index in [4.69, 9.17) is 10.5 Å². The smallest absolute Gasteiger partial charge is 0.348 e. The molecule has 0 spiro atoms. The first-order valence-corrected chi connectivity index (χ1v) is 11.0. The van der Waals surface area contributed by atoms with Crippen molar-refractivity contribution in [3.63, 3.8) is 0 Å². The van der Waals surface area contributed by atoms with Gasteiger partial charge >= 0.3 is 5.97 Å². The summed E-state index contributed by atoms with van der Waals surface area (Å²) in [4.78, 5) is 25.0. The topological polar surface area (TPSA) is 78.2 Å². The number of rotatable bonds is 7. The minimum absolute atomic E-state index is 0. The molecular weight excluding hydrogens is 482 g/mol. The van der Waals surface area contributed by atoms with Crippen LogP contribution in [0.25, 0.3) is 0 Å². The molecule has 2 atom stereocenters. The number of benzene rings is 2. The number of aromatic nitrogens is 2. The first kappa shape index (κ1) is 24.7.